The lowest BCUT2D eigenvalue weighted by molar-refractivity contribution is -0.274. The Labute approximate surface area is 79.5 Å². The maximum absolute atomic E-state index is 11.7. The summed E-state index contributed by atoms with van der Waals surface area (Å²) in [6.45, 7) is 3.29. The number of halogens is 3. The van der Waals surface area contributed by atoms with Crippen LogP contribution in [0, 0.1) is 18.8 Å². The Morgan fingerprint density at radius 1 is 1.14 bits per heavy atom. The zero-order valence-corrected chi connectivity index (χ0v) is 7.06. The molecule has 0 heterocycles. The van der Waals surface area contributed by atoms with Gasteiger partial charge in [0.25, 0.3) is 0 Å². The van der Waals surface area contributed by atoms with Gasteiger partial charge in [-0.05, 0) is 24.3 Å². The largest absolute Gasteiger partial charge is 0.573 e. The molecular weight excluding hydrogens is 193 g/mol. The Morgan fingerprint density at radius 3 is 2.14 bits per heavy atom. The minimum Gasteiger partial charge on any atom is -0.406 e. The van der Waals surface area contributed by atoms with Crippen molar-refractivity contribution in [1.29, 1.82) is 0 Å². The van der Waals surface area contributed by atoms with E-state index in [1.165, 1.54) is 24.3 Å². The zero-order valence-electron chi connectivity index (χ0n) is 7.06. The van der Waals surface area contributed by atoms with Crippen molar-refractivity contribution in [3.8, 4) is 17.6 Å². The third kappa shape index (κ3) is 3.40. The van der Waals surface area contributed by atoms with Crippen LogP contribution in [0.3, 0.4) is 0 Å². The lowest BCUT2D eigenvalue weighted by Gasteiger charge is -2.07. The molecule has 1 radical (unpaired) electrons. The zero-order chi connectivity index (χ0) is 10.6. The molecule has 0 aromatic heterocycles. The summed E-state index contributed by atoms with van der Waals surface area (Å²) < 4.78 is 38.9. The summed E-state index contributed by atoms with van der Waals surface area (Å²) in [4.78, 5) is 0. The van der Waals surface area contributed by atoms with Gasteiger partial charge in [-0.15, -0.1) is 13.2 Å². The van der Waals surface area contributed by atoms with Crippen LogP contribution in [0.25, 0.3) is 0 Å². The molecular formula is C10H6F3O. The Morgan fingerprint density at radius 2 is 1.71 bits per heavy atom. The molecule has 4 heteroatoms. The molecule has 0 N–H and O–H groups in total. The highest BCUT2D eigenvalue weighted by atomic mass is 19.4. The lowest BCUT2D eigenvalue weighted by atomic mass is 10.2. The first-order valence-corrected chi connectivity index (χ1v) is 3.65. The molecule has 0 saturated carbocycles. The van der Waals surface area contributed by atoms with E-state index in [1.807, 2.05) is 0 Å². The first-order valence-electron chi connectivity index (χ1n) is 3.65. The fourth-order valence-electron chi connectivity index (χ4n) is 0.842. The van der Waals surface area contributed by atoms with Gasteiger partial charge in [-0.25, -0.2) is 0 Å². The van der Waals surface area contributed by atoms with Gasteiger partial charge in [-0.2, -0.15) is 0 Å². The summed E-state index contributed by atoms with van der Waals surface area (Å²) in [6.07, 6.45) is -4.65. The molecule has 1 aromatic rings. The highest BCUT2D eigenvalue weighted by molar-refractivity contribution is 5.38. The first-order chi connectivity index (χ1) is 6.51. The molecule has 0 amide bonds. The molecule has 0 atom stereocenters. The van der Waals surface area contributed by atoms with Crippen molar-refractivity contribution in [2.24, 2.45) is 0 Å². The molecule has 1 aromatic carbocycles. The van der Waals surface area contributed by atoms with E-state index in [0.29, 0.717) is 5.56 Å². The molecule has 0 unspecified atom stereocenters. The third-order valence-electron chi connectivity index (χ3n) is 1.32. The topological polar surface area (TPSA) is 9.23 Å². The van der Waals surface area contributed by atoms with Gasteiger partial charge in [0.1, 0.15) is 5.75 Å². The fourth-order valence-corrected chi connectivity index (χ4v) is 0.842. The molecule has 1 nitrogen and oxygen atoms in total. The lowest BCUT2D eigenvalue weighted by Crippen LogP contribution is -2.16. The van der Waals surface area contributed by atoms with E-state index in [1.54, 1.807) is 0 Å². The number of rotatable bonds is 1. The fraction of sp³-hybridized carbons (Fsp3) is 0.100. The highest BCUT2D eigenvalue weighted by Gasteiger charge is 2.30. The van der Waals surface area contributed by atoms with Crippen LogP contribution in [-0.2, 0) is 0 Å². The maximum atomic E-state index is 11.7. The van der Waals surface area contributed by atoms with E-state index in [0.717, 1.165) is 0 Å². The van der Waals surface area contributed by atoms with Crippen molar-refractivity contribution in [3.05, 3.63) is 36.8 Å². The van der Waals surface area contributed by atoms with Crippen molar-refractivity contribution in [2.75, 3.05) is 0 Å². The van der Waals surface area contributed by atoms with Crippen LogP contribution in [0.4, 0.5) is 13.2 Å². The predicted molar refractivity (Wildman–Crippen MR) is 45.4 cm³/mol. The molecule has 73 valence electrons. The number of hydrogen-bond acceptors (Lipinski definition) is 1. The van der Waals surface area contributed by atoms with E-state index in [9.17, 15) is 13.2 Å². The molecule has 0 saturated heterocycles. The van der Waals surface area contributed by atoms with Gasteiger partial charge in [0.15, 0.2) is 0 Å². The second-order valence-corrected chi connectivity index (χ2v) is 2.37. The minimum absolute atomic E-state index is 0.257. The molecule has 14 heavy (non-hydrogen) atoms. The predicted octanol–water partition coefficient (Wildman–Crippen LogP) is 2.77. The number of hydrogen-bond donors (Lipinski definition) is 0. The van der Waals surface area contributed by atoms with E-state index in [2.05, 4.69) is 23.5 Å². The molecule has 0 aliphatic heterocycles. The number of ether oxygens (including phenoxy) is 1. The van der Waals surface area contributed by atoms with Gasteiger partial charge < -0.3 is 4.74 Å². The smallest absolute Gasteiger partial charge is 0.406 e. The average molecular weight is 199 g/mol. The Bertz CT molecular complexity index is 354. The van der Waals surface area contributed by atoms with E-state index < -0.39 is 6.36 Å². The maximum Gasteiger partial charge on any atom is 0.573 e. The summed E-state index contributed by atoms with van der Waals surface area (Å²) in [5.74, 6) is 4.73. The van der Waals surface area contributed by atoms with Crippen molar-refractivity contribution in [2.45, 2.75) is 6.36 Å². The van der Waals surface area contributed by atoms with Gasteiger partial charge in [0.05, 0.1) is 0 Å². The van der Waals surface area contributed by atoms with Crippen molar-refractivity contribution in [3.63, 3.8) is 0 Å². The number of alkyl halides is 3. The monoisotopic (exact) mass is 199 g/mol. The Kier molecular flexibility index (Phi) is 3.03. The van der Waals surface area contributed by atoms with Crippen LogP contribution in [0.1, 0.15) is 5.56 Å². The van der Waals surface area contributed by atoms with Crippen LogP contribution in [0.2, 0.25) is 0 Å². The van der Waals surface area contributed by atoms with Crippen molar-refractivity contribution in [1.82, 2.24) is 0 Å². The molecule has 0 spiro atoms. The summed E-state index contributed by atoms with van der Waals surface area (Å²) in [5, 5.41) is 0. The Balaban J connectivity index is 2.77. The number of benzene rings is 1. The van der Waals surface area contributed by atoms with Gasteiger partial charge >= 0.3 is 6.36 Å². The van der Waals surface area contributed by atoms with Crippen LogP contribution in [-0.4, -0.2) is 6.36 Å². The van der Waals surface area contributed by atoms with E-state index >= 15 is 0 Å². The van der Waals surface area contributed by atoms with Crippen LogP contribution < -0.4 is 4.74 Å². The second kappa shape index (κ2) is 4.05. The van der Waals surface area contributed by atoms with Gasteiger partial charge in [0, 0.05) is 12.5 Å². The third-order valence-corrected chi connectivity index (χ3v) is 1.32. The SMILES string of the molecule is [CH2]C#Cc1ccc(OC(F)(F)F)cc1. The Hall–Kier alpha value is -1.63. The minimum atomic E-state index is -4.65. The summed E-state index contributed by atoms with van der Waals surface area (Å²) >= 11 is 0. The molecule has 0 fully saturated rings. The van der Waals surface area contributed by atoms with Gasteiger partial charge in [-0.1, -0.05) is 11.8 Å². The molecule has 1 rings (SSSR count). The quantitative estimate of drug-likeness (QED) is 0.632. The van der Waals surface area contributed by atoms with E-state index in [4.69, 9.17) is 0 Å². The summed E-state index contributed by atoms with van der Waals surface area (Å²) in [7, 11) is 0. The highest BCUT2D eigenvalue weighted by Crippen LogP contribution is 2.22. The normalized spacial score (nSPS) is 10.3. The van der Waals surface area contributed by atoms with Crippen LogP contribution in [0.15, 0.2) is 24.3 Å². The van der Waals surface area contributed by atoms with Crippen molar-refractivity contribution >= 4 is 0 Å². The molecule has 0 aliphatic rings. The van der Waals surface area contributed by atoms with Gasteiger partial charge in [-0.3, -0.25) is 0 Å². The summed E-state index contributed by atoms with van der Waals surface area (Å²) in [6, 6.07) is 5.26. The molecule has 0 bridgehead atoms. The van der Waals surface area contributed by atoms with Crippen molar-refractivity contribution < 1.29 is 17.9 Å². The van der Waals surface area contributed by atoms with Gasteiger partial charge in [0.2, 0.25) is 0 Å². The second-order valence-electron chi connectivity index (χ2n) is 2.37. The molecule has 0 aliphatic carbocycles. The standard InChI is InChI=1S/C10H6F3O/c1-2-3-8-4-6-9(7-5-8)14-10(11,12)13/h4-7H,1H2. The summed E-state index contributed by atoms with van der Waals surface area (Å²) in [5.41, 5.74) is 0.592. The van der Waals surface area contributed by atoms with Crippen LogP contribution >= 0.6 is 0 Å². The van der Waals surface area contributed by atoms with E-state index in [-0.39, 0.29) is 5.75 Å². The first kappa shape index (κ1) is 10.5. The average Bonchev–Trinajstić information content (AvgIpc) is 2.06. The van der Waals surface area contributed by atoms with Crippen LogP contribution in [0.5, 0.6) is 5.75 Å².